The number of rotatable bonds is 40. The van der Waals surface area contributed by atoms with E-state index in [4.69, 9.17) is 29.0 Å². The molecular formula is C52H81N3O16P2. The van der Waals surface area contributed by atoms with Crippen LogP contribution < -0.4 is 11.4 Å². The van der Waals surface area contributed by atoms with E-state index in [1.807, 2.05) is 36.5 Å². The number of aliphatic hydroxyl groups excluding tert-OH is 3. The van der Waals surface area contributed by atoms with Crippen molar-refractivity contribution < 1.29 is 71.4 Å². The molecule has 2 rings (SSSR count). The second kappa shape index (κ2) is 39.1. The minimum Gasteiger partial charge on any atom is -0.462 e. The fourth-order valence-corrected chi connectivity index (χ4v) is 8.84. The van der Waals surface area contributed by atoms with Gasteiger partial charge in [-0.3, -0.25) is 23.2 Å². The van der Waals surface area contributed by atoms with E-state index in [9.17, 15) is 48.6 Å². The Morgan fingerprint density at radius 2 is 1.26 bits per heavy atom. The van der Waals surface area contributed by atoms with E-state index in [0.717, 1.165) is 42.9 Å². The predicted octanol–water partition coefficient (Wildman–Crippen LogP) is 9.41. The lowest BCUT2D eigenvalue weighted by atomic mass is 10.1. The van der Waals surface area contributed by atoms with Gasteiger partial charge < -0.3 is 45.1 Å². The lowest BCUT2D eigenvalue weighted by Gasteiger charge is -2.21. The number of ether oxygens (including phenoxy) is 3. The summed E-state index contributed by atoms with van der Waals surface area (Å²) in [6, 6.07) is 1.23. The molecule has 7 N–H and O–H groups in total. The summed E-state index contributed by atoms with van der Waals surface area (Å²) in [5, 5.41) is 31.1. The van der Waals surface area contributed by atoms with Crippen LogP contribution in [0, 0.1) is 0 Å². The van der Waals surface area contributed by atoms with Crippen molar-refractivity contribution in [1.82, 2.24) is 9.55 Å². The molecule has 0 spiro atoms. The van der Waals surface area contributed by atoms with E-state index in [2.05, 4.69) is 65.7 Å². The van der Waals surface area contributed by atoms with Crippen LogP contribution in [-0.4, -0.2) is 96.9 Å². The Morgan fingerprint density at radius 3 is 1.85 bits per heavy atom. The van der Waals surface area contributed by atoms with Crippen molar-refractivity contribution in [3.8, 4) is 0 Å². The first-order chi connectivity index (χ1) is 35.1. The highest BCUT2D eigenvalue weighted by atomic mass is 31.3. The third-order valence-corrected chi connectivity index (χ3v) is 13.3. The highest BCUT2D eigenvalue weighted by Gasteiger charge is 2.46. The maximum atomic E-state index is 12.8. The Kier molecular flexibility index (Phi) is 34.7. The zero-order valence-corrected chi connectivity index (χ0v) is 44.3. The van der Waals surface area contributed by atoms with Crippen LogP contribution in [0.1, 0.15) is 142 Å². The zero-order valence-electron chi connectivity index (χ0n) is 42.5. The van der Waals surface area contributed by atoms with E-state index in [-0.39, 0.29) is 18.7 Å². The number of nitrogens with two attached hydrogens (primary N) is 1. The summed E-state index contributed by atoms with van der Waals surface area (Å²) in [4.78, 5) is 61.9. The summed E-state index contributed by atoms with van der Waals surface area (Å²) in [7, 11) is -10.9. The number of aromatic nitrogens is 2. The summed E-state index contributed by atoms with van der Waals surface area (Å²) in [6.45, 7) is 1.89. The van der Waals surface area contributed by atoms with Crippen molar-refractivity contribution in [3.63, 3.8) is 0 Å². The number of nitrogens with zero attached hydrogens (tertiary/aromatic N) is 2. The first-order valence-electron chi connectivity index (χ1n) is 25.4. The number of unbranched alkanes of at least 4 members (excludes halogenated alkanes) is 8. The molecular weight excluding hydrogens is 985 g/mol. The number of anilines is 1. The molecule has 0 bridgehead atoms. The van der Waals surface area contributed by atoms with Gasteiger partial charge in [-0.05, 0) is 89.5 Å². The maximum Gasteiger partial charge on any atom is 0.481 e. The van der Waals surface area contributed by atoms with Crippen molar-refractivity contribution in [2.45, 2.75) is 173 Å². The van der Waals surface area contributed by atoms with Crippen molar-refractivity contribution in [2.75, 3.05) is 25.6 Å². The van der Waals surface area contributed by atoms with Crippen LogP contribution >= 0.6 is 15.6 Å². The normalized spacial score (nSPS) is 20.2. The second-order valence-corrected chi connectivity index (χ2v) is 20.2. The Balaban J connectivity index is 1.88. The van der Waals surface area contributed by atoms with Crippen LogP contribution in [0.3, 0.4) is 0 Å². The molecule has 0 saturated carbocycles. The van der Waals surface area contributed by atoms with Gasteiger partial charge in [0, 0.05) is 19.0 Å². The molecule has 3 unspecified atom stereocenters. The van der Waals surface area contributed by atoms with Gasteiger partial charge in [0.1, 0.15) is 30.7 Å². The lowest BCUT2D eigenvalue weighted by molar-refractivity contribution is -0.161. The van der Waals surface area contributed by atoms with Crippen LogP contribution in [0.25, 0.3) is 0 Å². The predicted molar refractivity (Wildman–Crippen MR) is 281 cm³/mol. The van der Waals surface area contributed by atoms with Gasteiger partial charge in [-0.25, -0.2) is 13.9 Å². The number of carbonyl (C=O) groups excluding carboxylic acids is 2. The largest absolute Gasteiger partial charge is 0.481 e. The van der Waals surface area contributed by atoms with E-state index >= 15 is 0 Å². The highest BCUT2D eigenvalue weighted by molar-refractivity contribution is 7.61. The Labute approximate surface area is 431 Å². The van der Waals surface area contributed by atoms with Gasteiger partial charge in [-0.15, -0.1) is 0 Å². The van der Waals surface area contributed by atoms with Gasteiger partial charge in [0.15, 0.2) is 12.3 Å². The number of phosphoric ester groups is 2. The molecule has 1 aromatic heterocycles. The summed E-state index contributed by atoms with van der Waals surface area (Å²) >= 11 is 0. The SMILES string of the molecule is CCCCC/C=C\C/C=C\C/C=C\C/C=C\CCCC(=O)O[C@H](COC(=O)CCC/C=C/C=C\C(O)C/C=C\C/C=C\CCCCC)COP(=O)(O)OP(=O)(O)OC[C@H]1O[C@@H](n2ccc(N)nc2=O)[C@H](O)[C@@H]1O. The second-order valence-electron chi connectivity index (χ2n) is 17.2. The molecule has 1 saturated heterocycles. The fourth-order valence-electron chi connectivity index (χ4n) is 6.73. The molecule has 0 amide bonds. The van der Waals surface area contributed by atoms with Gasteiger partial charge in [-0.1, -0.05) is 137 Å². The van der Waals surface area contributed by atoms with Crippen molar-refractivity contribution in [2.24, 2.45) is 0 Å². The number of allylic oxidation sites excluding steroid dienone is 14. The maximum absolute atomic E-state index is 12.8. The number of esters is 2. The van der Waals surface area contributed by atoms with E-state index < -0.39 is 89.8 Å². The van der Waals surface area contributed by atoms with Crippen LogP contribution in [0.5, 0.6) is 0 Å². The number of carbonyl (C=O) groups is 2. The van der Waals surface area contributed by atoms with Crippen LogP contribution in [0.15, 0.2) is 114 Å². The topological polar surface area (TPSA) is 286 Å². The minimum atomic E-state index is -5.47. The lowest BCUT2D eigenvalue weighted by Crippen LogP contribution is -2.36. The number of aliphatic hydroxyl groups is 3. The minimum absolute atomic E-state index is 0.0253. The van der Waals surface area contributed by atoms with Crippen LogP contribution in [0.2, 0.25) is 0 Å². The Morgan fingerprint density at radius 1 is 0.726 bits per heavy atom. The quantitative estimate of drug-likeness (QED) is 0.0117. The van der Waals surface area contributed by atoms with Gasteiger partial charge >= 0.3 is 33.3 Å². The van der Waals surface area contributed by atoms with Crippen molar-refractivity contribution >= 4 is 33.4 Å². The number of hydrogen-bond donors (Lipinski definition) is 6. The molecule has 21 heteroatoms. The smallest absolute Gasteiger partial charge is 0.462 e. The summed E-state index contributed by atoms with van der Waals surface area (Å²) in [6.07, 6.45) is 39.5. The fraction of sp³-hybridized carbons (Fsp3) is 0.577. The van der Waals surface area contributed by atoms with Crippen LogP contribution in [-0.2, 0) is 46.3 Å². The molecule has 0 aliphatic carbocycles. The zero-order chi connectivity index (χ0) is 53.6. The molecule has 1 fully saturated rings. The molecule has 0 aromatic carbocycles. The van der Waals surface area contributed by atoms with E-state index in [1.54, 1.807) is 18.2 Å². The molecule has 1 aromatic rings. The molecule has 8 atom stereocenters. The van der Waals surface area contributed by atoms with Gasteiger partial charge in [0.25, 0.3) is 0 Å². The van der Waals surface area contributed by atoms with Crippen LogP contribution in [0.4, 0.5) is 5.82 Å². The Hall–Kier alpha value is -4.36. The molecule has 0 radical (unpaired) electrons. The van der Waals surface area contributed by atoms with E-state index in [1.165, 1.54) is 44.6 Å². The number of hydrogen-bond acceptors (Lipinski definition) is 16. The summed E-state index contributed by atoms with van der Waals surface area (Å²) in [5.41, 5.74) is 4.57. The third-order valence-electron chi connectivity index (χ3n) is 10.7. The van der Waals surface area contributed by atoms with Crippen molar-refractivity contribution in [1.29, 1.82) is 0 Å². The first-order valence-corrected chi connectivity index (χ1v) is 28.3. The average molecular weight is 1070 g/mol. The first kappa shape index (κ1) is 64.8. The standard InChI is InChI=1S/C52H81N3O16P2/c1-3-5-7-9-11-13-14-15-16-17-18-19-20-22-24-28-33-37-48(58)69-44(40-66-47(57)36-32-29-25-27-31-35-43(56)34-30-26-23-21-12-10-8-6-4-2)41-67-72(62,63)71-73(64,65)68-42-45-49(59)50(60)51(70-45)55-39-38-46(53)54-52(55)61/h11-13,15-16,18-19,21-22,24-27,30-31,35,38-39,43-45,49-51,56,59-60H,3-10,14,17,20,23,28-29,32-34,36-37,40-42H2,1-2H3,(H,62,63)(H,64,65)(H2,53,54,61)/b13-11-,16-15-,19-18-,21-12-,24-22-,27-25+,30-26-,35-31-/t43?,44-,45-,49-,50-,51-/m1/s1. The molecule has 1 aliphatic rings. The van der Waals surface area contributed by atoms with E-state index in [0.29, 0.717) is 38.5 Å². The van der Waals surface area contributed by atoms with Gasteiger partial charge in [0.2, 0.25) is 0 Å². The number of phosphoric acid groups is 2. The molecule has 1 aliphatic heterocycles. The van der Waals surface area contributed by atoms with Gasteiger partial charge in [0.05, 0.1) is 19.3 Å². The highest BCUT2D eigenvalue weighted by Crippen LogP contribution is 2.60. The molecule has 410 valence electrons. The molecule has 19 nitrogen and oxygen atoms in total. The molecule has 73 heavy (non-hydrogen) atoms. The number of nitrogen functional groups attached to an aromatic ring is 1. The third kappa shape index (κ3) is 31.9. The average Bonchev–Trinajstić information content (AvgIpc) is 3.62. The Bertz CT molecular complexity index is 2120. The van der Waals surface area contributed by atoms with Gasteiger partial charge in [-0.2, -0.15) is 9.29 Å². The van der Waals surface area contributed by atoms with Crippen molar-refractivity contribution in [3.05, 3.63) is 120 Å². The summed E-state index contributed by atoms with van der Waals surface area (Å²) < 4.78 is 56.6. The summed E-state index contributed by atoms with van der Waals surface area (Å²) in [5.74, 6) is -1.51. The molecule has 2 heterocycles. The monoisotopic (exact) mass is 1070 g/mol.